The topological polar surface area (TPSA) is 111 Å². The molecule has 1 atom stereocenters. The Bertz CT molecular complexity index is 688. The molecule has 2 aromatic rings. The Kier molecular flexibility index (Phi) is 5.73. The van der Waals surface area contributed by atoms with Gasteiger partial charge in [-0.3, -0.25) is 9.88 Å². The number of aryl methyl sites for hydroxylation is 1. The summed E-state index contributed by atoms with van der Waals surface area (Å²) in [6.07, 6.45) is 2.29. The number of hydrogen-bond acceptors (Lipinski definition) is 4. The van der Waals surface area contributed by atoms with Crippen LogP contribution in [0.25, 0.3) is 0 Å². The minimum atomic E-state index is -1.29. The number of carboxylic acid groups (broad SMARTS) is 2. The zero-order valence-electron chi connectivity index (χ0n) is 12.9. The summed E-state index contributed by atoms with van der Waals surface area (Å²) in [5.74, 6) is -1.07. The summed E-state index contributed by atoms with van der Waals surface area (Å²) >= 11 is 0. The highest BCUT2D eigenvalue weighted by Crippen LogP contribution is 2.16. The van der Waals surface area contributed by atoms with Gasteiger partial charge in [-0.25, -0.2) is 9.59 Å². The Hall–Kier alpha value is -3.09. The van der Waals surface area contributed by atoms with E-state index in [1.165, 1.54) is 24.5 Å². The number of aromatic nitrogens is 1. The number of phenolic OH excluding ortho intramolecular Hbond substituents is 1. The Labute approximate surface area is 138 Å². The maximum absolute atomic E-state index is 11.6. The van der Waals surface area contributed by atoms with Gasteiger partial charge in [0, 0.05) is 12.4 Å². The second-order valence-corrected chi connectivity index (χ2v) is 5.33. The van der Waals surface area contributed by atoms with Crippen molar-refractivity contribution < 1.29 is 24.9 Å². The van der Waals surface area contributed by atoms with Crippen molar-refractivity contribution in [2.45, 2.75) is 25.4 Å². The van der Waals surface area contributed by atoms with Crippen LogP contribution in [-0.4, -0.2) is 43.3 Å². The van der Waals surface area contributed by atoms with E-state index in [2.05, 4.69) is 4.98 Å². The molecule has 1 aromatic carbocycles. The quantitative estimate of drug-likeness (QED) is 0.718. The van der Waals surface area contributed by atoms with E-state index in [1.54, 1.807) is 24.3 Å². The van der Waals surface area contributed by atoms with Crippen LogP contribution < -0.4 is 0 Å². The van der Waals surface area contributed by atoms with Crippen LogP contribution in [-0.2, 0) is 17.8 Å². The molecule has 0 aliphatic carbocycles. The van der Waals surface area contributed by atoms with Crippen molar-refractivity contribution in [3.8, 4) is 5.75 Å². The Morgan fingerprint density at radius 1 is 1.00 bits per heavy atom. The van der Waals surface area contributed by atoms with Crippen LogP contribution in [0.15, 0.2) is 48.8 Å². The molecule has 7 heteroatoms. The number of aromatic hydroxyl groups is 1. The molecule has 1 aromatic heterocycles. The van der Waals surface area contributed by atoms with Crippen LogP contribution in [0.5, 0.6) is 5.75 Å². The van der Waals surface area contributed by atoms with Crippen molar-refractivity contribution in [3.05, 3.63) is 59.9 Å². The van der Waals surface area contributed by atoms with Gasteiger partial charge < -0.3 is 15.3 Å². The van der Waals surface area contributed by atoms with E-state index < -0.39 is 18.1 Å². The van der Waals surface area contributed by atoms with Gasteiger partial charge in [0.15, 0.2) is 0 Å². The number of phenols is 1. The molecule has 0 spiro atoms. The summed E-state index contributed by atoms with van der Waals surface area (Å²) in [5, 5.41) is 28.1. The standard InChI is InChI=1S/C17H18N2O5/c20-14-4-1-12(2-5-14)3-6-15(16(21)22)19(17(23)24)11-13-7-9-18-10-8-13/h1-2,4-5,7-10,15,20H,3,6,11H2,(H,21,22)(H,23,24)/t15-/m0/s1. The lowest BCUT2D eigenvalue weighted by Crippen LogP contribution is -2.44. The molecule has 1 amide bonds. The second-order valence-electron chi connectivity index (χ2n) is 5.33. The molecule has 0 bridgehead atoms. The summed E-state index contributed by atoms with van der Waals surface area (Å²) < 4.78 is 0. The normalized spacial score (nSPS) is 11.7. The van der Waals surface area contributed by atoms with E-state index in [0.29, 0.717) is 12.0 Å². The molecule has 0 radical (unpaired) electrons. The Balaban J connectivity index is 2.11. The molecule has 0 aliphatic rings. The van der Waals surface area contributed by atoms with Crippen molar-refractivity contribution in [2.24, 2.45) is 0 Å². The highest BCUT2D eigenvalue weighted by atomic mass is 16.4. The summed E-state index contributed by atoms with van der Waals surface area (Å²) in [7, 11) is 0. The van der Waals surface area contributed by atoms with Crippen molar-refractivity contribution in [1.29, 1.82) is 0 Å². The molecular formula is C17H18N2O5. The van der Waals surface area contributed by atoms with Crippen LogP contribution in [0, 0.1) is 0 Å². The fourth-order valence-electron chi connectivity index (χ4n) is 2.37. The first-order valence-corrected chi connectivity index (χ1v) is 7.36. The van der Waals surface area contributed by atoms with E-state index in [9.17, 15) is 24.9 Å². The number of hydrogen-bond donors (Lipinski definition) is 3. The molecule has 0 unspecified atom stereocenters. The maximum Gasteiger partial charge on any atom is 0.408 e. The summed E-state index contributed by atoms with van der Waals surface area (Å²) in [5.41, 5.74) is 1.50. The number of amides is 1. The third kappa shape index (κ3) is 4.70. The van der Waals surface area contributed by atoms with Gasteiger partial charge in [0.2, 0.25) is 0 Å². The van der Waals surface area contributed by atoms with Crippen molar-refractivity contribution >= 4 is 12.1 Å². The SMILES string of the molecule is O=C(O)[C@H](CCc1ccc(O)cc1)N(Cc1ccncc1)C(=O)O. The molecule has 0 saturated heterocycles. The number of rotatable bonds is 7. The van der Waals surface area contributed by atoms with Crippen LogP contribution >= 0.6 is 0 Å². The lowest BCUT2D eigenvalue weighted by molar-refractivity contribution is -0.143. The molecule has 0 saturated carbocycles. The number of carbonyl (C=O) groups is 2. The lowest BCUT2D eigenvalue weighted by Gasteiger charge is -2.26. The predicted molar refractivity (Wildman–Crippen MR) is 85.7 cm³/mol. The highest BCUT2D eigenvalue weighted by molar-refractivity contribution is 5.79. The van der Waals surface area contributed by atoms with Gasteiger partial charge in [-0.05, 0) is 48.2 Å². The van der Waals surface area contributed by atoms with E-state index in [4.69, 9.17) is 0 Å². The number of benzene rings is 1. The molecule has 2 rings (SSSR count). The first-order chi connectivity index (χ1) is 11.5. The lowest BCUT2D eigenvalue weighted by atomic mass is 10.0. The van der Waals surface area contributed by atoms with Crippen molar-refractivity contribution in [2.75, 3.05) is 0 Å². The third-order valence-corrected chi connectivity index (χ3v) is 3.65. The van der Waals surface area contributed by atoms with Gasteiger partial charge >= 0.3 is 12.1 Å². The van der Waals surface area contributed by atoms with E-state index in [-0.39, 0.29) is 18.7 Å². The Morgan fingerprint density at radius 2 is 1.62 bits per heavy atom. The molecular weight excluding hydrogens is 312 g/mol. The summed E-state index contributed by atoms with van der Waals surface area (Å²) in [6, 6.07) is 8.52. The van der Waals surface area contributed by atoms with Crippen molar-refractivity contribution in [3.63, 3.8) is 0 Å². The average molecular weight is 330 g/mol. The minimum absolute atomic E-state index is 0.0234. The van der Waals surface area contributed by atoms with Crippen molar-refractivity contribution in [1.82, 2.24) is 9.88 Å². The molecule has 0 aliphatic heterocycles. The van der Waals surface area contributed by atoms with Gasteiger partial charge in [0.1, 0.15) is 11.8 Å². The molecule has 126 valence electrons. The first-order valence-electron chi connectivity index (χ1n) is 7.36. The zero-order chi connectivity index (χ0) is 17.5. The number of pyridine rings is 1. The second kappa shape index (κ2) is 7.96. The van der Waals surface area contributed by atoms with Gasteiger partial charge in [0.25, 0.3) is 0 Å². The fourth-order valence-corrected chi connectivity index (χ4v) is 2.37. The Morgan fingerprint density at radius 3 is 2.17 bits per heavy atom. The summed E-state index contributed by atoms with van der Waals surface area (Å²) in [4.78, 5) is 27.8. The summed E-state index contributed by atoms with van der Waals surface area (Å²) in [6.45, 7) is -0.0234. The van der Waals surface area contributed by atoms with Crippen LogP contribution in [0.1, 0.15) is 17.5 Å². The first kappa shape index (κ1) is 17.3. The van der Waals surface area contributed by atoms with Crippen LogP contribution in [0.2, 0.25) is 0 Å². The van der Waals surface area contributed by atoms with E-state index in [1.807, 2.05) is 0 Å². The number of aliphatic carboxylic acids is 1. The number of nitrogens with zero attached hydrogens (tertiary/aromatic N) is 2. The van der Waals surface area contributed by atoms with Crippen LogP contribution in [0.3, 0.4) is 0 Å². The zero-order valence-corrected chi connectivity index (χ0v) is 12.9. The van der Waals surface area contributed by atoms with Gasteiger partial charge in [-0.15, -0.1) is 0 Å². The minimum Gasteiger partial charge on any atom is -0.508 e. The van der Waals surface area contributed by atoms with Gasteiger partial charge in [-0.1, -0.05) is 12.1 Å². The molecule has 7 nitrogen and oxygen atoms in total. The average Bonchev–Trinajstić information content (AvgIpc) is 2.56. The largest absolute Gasteiger partial charge is 0.508 e. The van der Waals surface area contributed by atoms with Crippen LogP contribution in [0.4, 0.5) is 4.79 Å². The maximum atomic E-state index is 11.6. The smallest absolute Gasteiger partial charge is 0.408 e. The number of carboxylic acids is 1. The monoisotopic (exact) mass is 330 g/mol. The van der Waals surface area contributed by atoms with E-state index >= 15 is 0 Å². The molecule has 0 fully saturated rings. The van der Waals surface area contributed by atoms with Gasteiger partial charge in [-0.2, -0.15) is 0 Å². The molecule has 3 N–H and O–H groups in total. The van der Waals surface area contributed by atoms with Gasteiger partial charge in [0.05, 0.1) is 6.54 Å². The highest BCUT2D eigenvalue weighted by Gasteiger charge is 2.29. The molecule has 1 heterocycles. The predicted octanol–water partition coefficient (Wildman–Crippen LogP) is 2.35. The fraction of sp³-hybridized carbons (Fsp3) is 0.235. The third-order valence-electron chi connectivity index (χ3n) is 3.65. The molecule has 24 heavy (non-hydrogen) atoms. The van der Waals surface area contributed by atoms with E-state index in [0.717, 1.165) is 10.5 Å².